The van der Waals surface area contributed by atoms with Gasteiger partial charge in [0.1, 0.15) is 35.9 Å². The number of carbonyl (C=O) groups excluding carboxylic acids is 7. The lowest BCUT2D eigenvalue weighted by molar-refractivity contribution is -0.172. The third-order valence-corrected chi connectivity index (χ3v) is 24.4. The van der Waals surface area contributed by atoms with Gasteiger partial charge in [-0.3, -0.25) is 33.6 Å². The van der Waals surface area contributed by atoms with Gasteiger partial charge < -0.3 is 113 Å². The van der Waals surface area contributed by atoms with Crippen molar-refractivity contribution in [3.63, 3.8) is 0 Å². The number of ether oxygens (including phenoxy) is 14. The number of esters is 1. The standard InChI is InChI=1S/C93H131FN12O23/c1-6-93(115)73-57-78-84-71(61-106(78)90(113)72(73)62-129-91(93)114)70(82-65(5)64(4)74(94)58-76(82)98-84)59-97-88(111)75(16-11-12-27-95)99-89(112)83(63(2)3)100-79(107)21-31-116-33-35-118-37-39-120-41-43-122-45-47-124-49-51-126-53-55-128-56-54-127-52-50-125-48-46-123-44-42-121-40-38-119-36-34-117-32-22-80(108)104-29-25-92(26-30-104)23-18-66(19-24-92)87(110)96-28-20-81(109)105-60-67-13-7-8-14-68(67)85-86(102-103-101-85)69-15-9-10-17-77(69)105/h7-10,13-15,17,57-58,63,66,75,83,115H,6,11-12,16,18-56,59-62,95H2,1-5H3,(H,96,110)(H,97,111)(H,99,112)(H,100,107)(H,101,102,103). The first kappa shape index (κ1) is 100. The molecular formula is C93H131FN12O23. The number of H-pyrrole nitrogens is 1. The number of nitrogens with one attached hydrogen (secondary N) is 5. The average molecular weight is 1800 g/mol. The third-order valence-electron chi connectivity index (χ3n) is 24.4. The lowest BCUT2D eigenvalue weighted by atomic mass is 9.65. The van der Waals surface area contributed by atoms with Gasteiger partial charge in [0.2, 0.25) is 35.4 Å². The van der Waals surface area contributed by atoms with Crippen molar-refractivity contribution in [2.45, 2.75) is 162 Å². The van der Waals surface area contributed by atoms with E-state index >= 15 is 4.39 Å². The van der Waals surface area contributed by atoms with Gasteiger partial charge in [-0.25, -0.2) is 14.2 Å². The van der Waals surface area contributed by atoms with Crippen LogP contribution in [-0.2, 0) is 132 Å². The molecule has 1 spiro atoms. The highest BCUT2D eigenvalue weighted by Crippen LogP contribution is 2.47. The molecule has 3 atom stereocenters. The van der Waals surface area contributed by atoms with Crippen molar-refractivity contribution >= 4 is 58.0 Å². The van der Waals surface area contributed by atoms with Crippen LogP contribution in [0.2, 0.25) is 0 Å². The van der Waals surface area contributed by atoms with Crippen LogP contribution in [0.1, 0.15) is 143 Å². The van der Waals surface area contributed by atoms with Crippen molar-refractivity contribution in [1.29, 1.82) is 0 Å². The molecule has 1 aliphatic carbocycles. The summed E-state index contributed by atoms with van der Waals surface area (Å²) in [6, 6.07) is 16.5. The van der Waals surface area contributed by atoms with Gasteiger partial charge in [0, 0.05) is 78.6 Å². The Bertz CT molecular complexity index is 4690. The Morgan fingerprint density at radius 2 is 1.12 bits per heavy atom. The molecule has 1 saturated heterocycles. The van der Waals surface area contributed by atoms with Crippen LogP contribution in [-0.4, -0.2) is 286 Å². The minimum absolute atomic E-state index is 0.00608. The van der Waals surface area contributed by atoms with Crippen molar-refractivity contribution in [1.82, 2.24) is 51.1 Å². The molecule has 6 amide bonds. The summed E-state index contributed by atoms with van der Waals surface area (Å²) in [6.45, 7) is 20.6. The highest BCUT2D eigenvalue weighted by atomic mass is 19.1. The number of benzene rings is 3. The Kier molecular flexibility index (Phi) is 40.5. The van der Waals surface area contributed by atoms with Crippen molar-refractivity contribution < 1.29 is 109 Å². The number of aromatic amines is 1. The SMILES string of the molecule is CCC1(O)C(=O)OCc2c1cc1n(c2=O)Cc2c-1nc1cc(F)c(C)c(C)c1c2CNC(=O)C(CCCCN)NC(=O)C(NC(=O)CCOCCOCCOCCOCCOCCOCCOCCOCCOCCOCCOCCOCCOCCC(=O)N1CCC2(CCC(C(=O)NCCC(=O)N3Cc4ccccc4-c4n[nH]nc4-c4ccccc43)CC2)CC1)C(C)C. The molecule has 1 saturated carbocycles. The van der Waals surface area contributed by atoms with E-state index in [0.29, 0.717) is 242 Å². The summed E-state index contributed by atoms with van der Waals surface area (Å²) in [7, 11) is 0. The van der Waals surface area contributed by atoms with Crippen LogP contribution >= 0.6 is 0 Å². The molecule has 11 rings (SSSR count). The highest BCUT2D eigenvalue weighted by molar-refractivity contribution is 6.01. The van der Waals surface area contributed by atoms with E-state index in [1.807, 2.05) is 53.4 Å². The second-order valence-electron chi connectivity index (χ2n) is 33.2. The minimum Gasteiger partial charge on any atom is -0.458 e. The minimum atomic E-state index is -2.06. The summed E-state index contributed by atoms with van der Waals surface area (Å²) >= 11 is 0. The fourth-order valence-electron chi connectivity index (χ4n) is 16.8. The normalized spacial score (nSPS) is 16.2. The molecule has 0 radical (unpaired) electrons. The number of halogens is 1. The van der Waals surface area contributed by atoms with Gasteiger partial charge in [-0.2, -0.15) is 15.4 Å². The summed E-state index contributed by atoms with van der Waals surface area (Å²) in [6.07, 6.45) is 7.09. The fraction of sp³-hybridized carbons (Fsp3) is 0.624. The summed E-state index contributed by atoms with van der Waals surface area (Å²) < 4.78 is 95.0. The van der Waals surface area contributed by atoms with E-state index in [-0.39, 0.29) is 123 Å². The number of likely N-dealkylation sites (tertiary alicyclic amines) is 1. The zero-order valence-corrected chi connectivity index (χ0v) is 75.4. The van der Waals surface area contributed by atoms with Crippen LogP contribution in [0.25, 0.3) is 44.8 Å². The predicted octanol–water partition coefficient (Wildman–Crippen LogP) is 6.51. The Labute approximate surface area is 752 Å². The largest absolute Gasteiger partial charge is 0.458 e. The van der Waals surface area contributed by atoms with E-state index in [2.05, 4.69) is 36.7 Å². The topological polar surface area (TPSA) is 426 Å². The van der Waals surface area contributed by atoms with Gasteiger partial charge in [0.25, 0.3) is 5.56 Å². The summed E-state index contributed by atoms with van der Waals surface area (Å²) in [5, 5.41) is 35.5. The number of carbonyl (C=O) groups is 7. The van der Waals surface area contributed by atoms with Crippen LogP contribution in [0.15, 0.2) is 65.5 Å². The molecule has 129 heavy (non-hydrogen) atoms. The number of amides is 6. The lowest BCUT2D eigenvalue weighted by Gasteiger charge is -2.45. The number of cyclic esters (lactones) is 1. The second-order valence-corrected chi connectivity index (χ2v) is 33.2. The number of nitrogens with two attached hydrogens (primary N) is 1. The molecule has 3 unspecified atom stereocenters. The molecule has 35 nitrogen and oxygen atoms in total. The molecule has 36 heteroatoms. The monoisotopic (exact) mass is 1800 g/mol. The van der Waals surface area contributed by atoms with Crippen LogP contribution in [0.5, 0.6) is 0 Å². The number of pyridine rings is 2. The molecule has 708 valence electrons. The number of aromatic nitrogens is 5. The fourth-order valence-corrected chi connectivity index (χ4v) is 16.8. The summed E-state index contributed by atoms with van der Waals surface area (Å²) in [5.41, 5.74) is 11.7. The Balaban J connectivity index is 0.417. The highest BCUT2D eigenvalue weighted by Gasteiger charge is 2.46. The maximum atomic E-state index is 15.4. The molecule has 5 aliphatic rings. The van der Waals surface area contributed by atoms with Crippen LogP contribution in [0, 0.1) is 36.9 Å². The van der Waals surface area contributed by atoms with E-state index < -0.39 is 52.8 Å². The number of anilines is 1. The van der Waals surface area contributed by atoms with Crippen molar-refractivity contribution in [2.75, 3.05) is 203 Å². The number of hydrogen-bond donors (Lipinski definition) is 7. The van der Waals surface area contributed by atoms with Crippen LogP contribution in [0.3, 0.4) is 0 Å². The molecule has 0 bridgehead atoms. The smallest absolute Gasteiger partial charge is 0.343 e. The molecule has 4 aliphatic heterocycles. The number of hydrogen-bond acceptors (Lipinski definition) is 27. The average Bonchev–Trinajstić information content (AvgIpc) is 1.54. The van der Waals surface area contributed by atoms with Crippen molar-refractivity contribution in [3.05, 3.63) is 116 Å². The Morgan fingerprint density at radius 1 is 0.597 bits per heavy atom. The number of fused-ring (bicyclic) bond motifs is 10. The van der Waals surface area contributed by atoms with E-state index in [4.69, 9.17) is 77.0 Å². The van der Waals surface area contributed by atoms with Gasteiger partial charge in [-0.1, -0.05) is 63.2 Å². The molecule has 3 aromatic carbocycles. The zero-order valence-electron chi connectivity index (χ0n) is 75.4. The first-order valence-electron chi connectivity index (χ1n) is 45.5. The second kappa shape index (κ2) is 52.1. The molecular weight excluding hydrogens is 1670 g/mol. The van der Waals surface area contributed by atoms with Gasteiger partial charge in [-0.05, 0) is 130 Å². The number of piperidine rings is 1. The molecule has 7 heterocycles. The number of unbranched alkanes of at least 4 members (excludes halogenated alkanes) is 1. The van der Waals surface area contributed by atoms with Gasteiger partial charge >= 0.3 is 5.97 Å². The molecule has 2 fully saturated rings. The van der Waals surface area contributed by atoms with Gasteiger partial charge in [-0.15, -0.1) is 0 Å². The molecule has 3 aromatic heterocycles. The van der Waals surface area contributed by atoms with Gasteiger partial charge in [0.05, 0.1) is 219 Å². The maximum absolute atomic E-state index is 15.4. The Hall–Kier alpha value is -9.22. The quantitative estimate of drug-likeness (QED) is 0.0158. The number of rotatable bonds is 58. The van der Waals surface area contributed by atoms with E-state index in [9.17, 15) is 43.5 Å². The number of aryl methyl sites for hydroxylation is 1. The Morgan fingerprint density at radius 3 is 1.66 bits per heavy atom. The van der Waals surface area contributed by atoms with E-state index in [0.717, 1.165) is 66.6 Å². The summed E-state index contributed by atoms with van der Waals surface area (Å²) in [5.74, 6) is -3.28. The third kappa shape index (κ3) is 28.4. The van der Waals surface area contributed by atoms with Crippen molar-refractivity contribution in [3.8, 4) is 33.9 Å². The zero-order chi connectivity index (χ0) is 91.3. The number of aliphatic hydroxyl groups is 1. The van der Waals surface area contributed by atoms with E-state index in [1.165, 1.54) is 10.6 Å². The summed E-state index contributed by atoms with van der Waals surface area (Å²) in [4.78, 5) is 117. The molecule has 6 aromatic rings. The van der Waals surface area contributed by atoms with Crippen LogP contribution in [0.4, 0.5) is 10.1 Å². The molecule has 8 N–H and O–H groups in total. The number of nitrogens with zero attached hydrogens (tertiary/aromatic N) is 6. The van der Waals surface area contributed by atoms with Gasteiger partial charge in [0.15, 0.2) is 5.60 Å². The van der Waals surface area contributed by atoms with Crippen molar-refractivity contribution in [2.24, 2.45) is 23.0 Å². The predicted molar refractivity (Wildman–Crippen MR) is 474 cm³/mol. The van der Waals surface area contributed by atoms with E-state index in [1.54, 1.807) is 45.6 Å². The number of para-hydroxylation sites is 1. The lowest BCUT2D eigenvalue weighted by Crippen LogP contribution is -2.55. The first-order chi connectivity index (χ1) is 62.7. The van der Waals surface area contributed by atoms with Crippen LogP contribution < -0.4 is 37.5 Å². The first-order valence-corrected chi connectivity index (χ1v) is 45.5. The maximum Gasteiger partial charge on any atom is 0.343 e.